The number of benzene rings is 2. The van der Waals surface area contributed by atoms with Gasteiger partial charge in [-0.05, 0) is 86.4 Å². The molecule has 1 amide bonds. The molecule has 1 aliphatic carbocycles. The van der Waals surface area contributed by atoms with Crippen LogP contribution in [0.5, 0.6) is 0 Å². The molecule has 0 spiro atoms. The van der Waals surface area contributed by atoms with Gasteiger partial charge in [0, 0.05) is 24.2 Å². The molecule has 6 heteroatoms. The maximum absolute atomic E-state index is 13.6. The van der Waals surface area contributed by atoms with Gasteiger partial charge in [-0.2, -0.15) is 0 Å². The second kappa shape index (κ2) is 12.9. The lowest BCUT2D eigenvalue weighted by atomic mass is 9.81. The van der Waals surface area contributed by atoms with Crippen LogP contribution in [0.2, 0.25) is 0 Å². The Kier molecular flexibility index (Phi) is 9.68. The Balaban J connectivity index is 1.77. The highest BCUT2D eigenvalue weighted by molar-refractivity contribution is 6.06. The molecule has 1 unspecified atom stereocenters. The lowest BCUT2D eigenvalue weighted by Gasteiger charge is -2.26. The third-order valence-corrected chi connectivity index (χ3v) is 6.13. The number of nitrogens with zero attached hydrogens (tertiary/aromatic N) is 2. The summed E-state index contributed by atoms with van der Waals surface area (Å²) in [5.41, 5.74) is 4.92. The molecule has 0 saturated heterocycles. The van der Waals surface area contributed by atoms with E-state index in [1.807, 2.05) is 55.1 Å². The molecule has 0 N–H and O–H groups in total. The minimum atomic E-state index is -0.135. The van der Waals surface area contributed by atoms with Crippen LogP contribution >= 0.6 is 0 Å². The number of ether oxygens (including phenoxy) is 1. The lowest BCUT2D eigenvalue weighted by molar-refractivity contribution is -0.144. The lowest BCUT2D eigenvalue weighted by Crippen LogP contribution is -2.32. The van der Waals surface area contributed by atoms with Crippen molar-refractivity contribution in [3.05, 3.63) is 64.7 Å². The van der Waals surface area contributed by atoms with E-state index >= 15 is 0 Å². The van der Waals surface area contributed by atoms with Gasteiger partial charge in [-0.1, -0.05) is 36.7 Å². The Bertz CT molecular complexity index is 984. The van der Waals surface area contributed by atoms with Crippen molar-refractivity contribution in [2.24, 2.45) is 11.1 Å². The van der Waals surface area contributed by atoms with E-state index in [2.05, 4.69) is 18.1 Å². The minimum absolute atomic E-state index is 0.000463. The second-order valence-electron chi connectivity index (χ2n) is 8.66. The Morgan fingerprint density at radius 3 is 2.56 bits per heavy atom. The van der Waals surface area contributed by atoms with Gasteiger partial charge in [-0.25, -0.2) is 0 Å². The number of amides is 1. The van der Waals surface area contributed by atoms with Crippen LogP contribution in [0.4, 0.5) is 5.69 Å². The highest BCUT2D eigenvalue weighted by Gasteiger charge is 2.24. The summed E-state index contributed by atoms with van der Waals surface area (Å²) in [6.45, 7) is 7.44. The van der Waals surface area contributed by atoms with Crippen LogP contribution in [0.1, 0.15) is 73.5 Å². The van der Waals surface area contributed by atoms with Gasteiger partial charge in [0.15, 0.2) is 0 Å². The van der Waals surface area contributed by atoms with Crippen LogP contribution in [0.15, 0.2) is 47.6 Å². The van der Waals surface area contributed by atoms with Gasteiger partial charge in [-0.15, -0.1) is 0 Å². The quantitative estimate of drug-likeness (QED) is 0.248. The van der Waals surface area contributed by atoms with Crippen molar-refractivity contribution in [2.45, 2.75) is 59.3 Å². The summed E-state index contributed by atoms with van der Waals surface area (Å²) in [6, 6.07) is 13.8. The SMILES string of the molecule is CCCCN(C(=O)c1ccc2c(c1)CC(CC(=O)OCC)CC2)c1ccc(C=NOCC)cc1. The molecule has 6 nitrogen and oxygen atoms in total. The van der Waals surface area contributed by atoms with Gasteiger partial charge < -0.3 is 14.5 Å². The van der Waals surface area contributed by atoms with Gasteiger partial charge in [0.05, 0.1) is 12.8 Å². The number of esters is 1. The van der Waals surface area contributed by atoms with Crippen LogP contribution in [0, 0.1) is 5.92 Å². The number of anilines is 1. The molecule has 0 fully saturated rings. The molecule has 0 bridgehead atoms. The minimum Gasteiger partial charge on any atom is -0.466 e. The Labute approximate surface area is 202 Å². The molecular formula is C28H36N2O4. The van der Waals surface area contributed by atoms with Crippen molar-refractivity contribution in [3.8, 4) is 0 Å². The van der Waals surface area contributed by atoms with E-state index in [0.717, 1.165) is 43.4 Å². The molecule has 0 radical (unpaired) electrons. The van der Waals surface area contributed by atoms with Crippen LogP contribution in [-0.2, 0) is 27.2 Å². The van der Waals surface area contributed by atoms with Crippen molar-refractivity contribution in [1.82, 2.24) is 0 Å². The third kappa shape index (κ3) is 6.92. The fourth-order valence-corrected chi connectivity index (χ4v) is 4.33. The van der Waals surface area contributed by atoms with E-state index in [4.69, 9.17) is 9.57 Å². The molecule has 0 aliphatic heterocycles. The van der Waals surface area contributed by atoms with Gasteiger partial charge >= 0.3 is 5.97 Å². The highest BCUT2D eigenvalue weighted by Crippen LogP contribution is 2.29. The molecule has 182 valence electrons. The smallest absolute Gasteiger partial charge is 0.306 e. The number of carbonyl (C=O) groups excluding carboxylic acids is 2. The Morgan fingerprint density at radius 1 is 1.06 bits per heavy atom. The van der Waals surface area contributed by atoms with E-state index in [0.29, 0.717) is 31.7 Å². The Hall–Kier alpha value is -3.15. The monoisotopic (exact) mass is 464 g/mol. The van der Waals surface area contributed by atoms with E-state index in [9.17, 15) is 9.59 Å². The van der Waals surface area contributed by atoms with Crippen LogP contribution in [-0.4, -0.2) is 37.8 Å². The first-order valence-corrected chi connectivity index (χ1v) is 12.4. The van der Waals surface area contributed by atoms with Gasteiger partial charge in [0.1, 0.15) is 6.61 Å². The first-order valence-electron chi connectivity index (χ1n) is 12.4. The summed E-state index contributed by atoms with van der Waals surface area (Å²) in [5.74, 6) is 0.127. The van der Waals surface area contributed by atoms with E-state index in [-0.39, 0.29) is 17.8 Å². The number of fused-ring (bicyclic) bond motifs is 1. The van der Waals surface area contributed by atoms with Crippen molar-refractivity contribution >= 4 is 23.8 Å². The van der Waals surface area contributed by atoms with Crippen LogP contribution in [0.25, 0.3) is 0 Å². The number of unbranched alkanes of at least 4 members (excludes halogenated alkanes) is 1. The number of carbonyl (C=O) groups is 2. The molecule has 2 aromatic rings. The standard InChI is InChI=1S/C28H36N2O4/c1-4-7-16-30(26-14-9-21(10-15-26)20-29-34-6-3)28(32)24-13-12-23-11-8-22(17-25(23)19-24)18-27(31)33-5-2/h9-10,12-15,19-20,22H,4-8,11,16-18H2,1-3H3. The molecule has 1 aliphatic rings. The first-order chi connectivity index (χ1) is 16.5. The van der Waals surface area contributed by atoms with Gasteiger partial charge in [0.25, 0.3) is 5.91 Å². The van der Waals surface area contributed by atoms with E-state index < -0.39 is 0 Å². The molecule has 3 rings (SSSR count). The molecule has 0 heterocycles. The number of hydrogen-bond donors (Lipinski definition) is 0. The predicted octanol–water partition coefficient (Wildman–Crippen LogP) is 5.56. The number of hydrogen-bond acceptors (Lipinski definition) is 5. The van der Waals surface area contributed by atoms with E-state index in [1.165, 1.54) is 11.1 Å². The topological polar surface area (TPSA) is 68.2 Å². The second-order valence-corrected chi connectivity index (χ2v) is 8.66. The highest BCUT2D eigenvalue weighted by atomic mass is 16.6. The number of oxime groups is 1. The Morgan fingerprint density at radius 2 is 1.85 bits per heavy atom. The number of aryl methyl sites for hydroxylation is 1. The normalized spacial score (nSPS) is 15.1. The average molecular weight is 465 g/mol. The summed E-state index contributed by atoms with van der Waals surface area (Å²) in [5, 5.41) is 3.91. The molecule has 34 heavy (non-hydrogen) atoms. The van der Waals surface area contributed by atoms with Crippen LogP contribution < -0.4 is 4.90 Å². The molecule has 0 aromatic heterocycles. The van der Waals surface area contributed by atoms with Gasteiger partial charge in [-0.3, -0.25) is 9.59 Å². The fourth-order valence-electron chi connectivity index (χ4n) is 4.33. The first kappa shape index (κ1) is 25.5. The summed E-state index contributed by atoms with van der Waals surface area (Å²) < 4.78 is 5.13. The largest absolute Gasteiger partial charge is 0.466 e. The summed E-state index contributed by atoms with van der Waals surface area (Å²) >= 11 is 0. The van der Waals surface area contributed by atoms with Gasteiger partial charge in [0.2, 0.25) is 0 Å². The van der Waals surface area contributed by atoms with Crippen LogP contribution in [0.3, 0.4) is 0 Å². The van der Waals surface area contributed by atoms with Crippen molar-refractivity contribution in [3.63, 3.8) is 0 Å². The zero-order valence-electron chi connectivity index (χ0n) is 20.6. The summed E-state index contributed by atoms with van der Waals surface area (Å²) in [4.78, 5) is 32.4. The van der Waals surface area contributed by atoms with Crippen molar-refractivity contribution < 1.29 is 19.2 Å². The summed E-state index contributed by atoms with van der Waals surface area (Å²) in [6.07, 6.45) is 6.74. The maximum atomic E-state index is 13.6. The number of rotatable bonds is 11. The van der Waals surface area contributed by atoms with Crippen molar-refractivity contribution in [1.29, 1.82) is 0 Å². The third-order valence-electron chi connectivity index (χ3n) is 6.13. The molecule has 0 saturated carbocycles. The fraction of sp³-hybridized carbons (Fsp3) is 0.464. The zero-order chi connectivity index (χ0) is 24.3. The summed E-state index contributed by atoms with van der Waals surface area (Å²) in [7, 11) is 0. The van der Waals surface area contributed by atoms with Crippen molar-refractivity contribution in [2.75, 3.05) is 24.7 Å². The molecule has 2 aromatic carbocycles. The maximum Gasteiger partial charge on any atom is 0.306 e. The predicted molar refractivity (Wildman–Crippen MR) is 135 cm³/mol. The average Bonchev–Trinajstić information content (AvgIpc) is 2.85. The zero-order valence-corrected chi connectivity index (χ0v) is 20.6. The van der Waals surface area contributed by atoms with E-state index in [1.54, 1.807) is 6.21 Å². The molecular weight excluding hydrogens is 428 g/mol. The molecule has 1 atom stereocenters.